The molecule has 1 fully saturated rings. The molecule has 0 saturated heterocycles. The van der Waals surface area contributed by atoms with E-state index in [4.69, 9.17) is 5.73 Å². The molecule has 1 aliphatic carbocycles. The first-order chi connectivity index (χ1) is 8.58. The molecule has 0 radical (unpaired) electrons. The van der Waals surface area contributed by atoms with Gasteiger partial charge in [-0.15, -0.1) is 0 Å². The van der Waals surface area contributed by atoms with E-state index in [2.05, 4.69) is 32.5 Å². The first-order valence-electron chi connectivity index (χ1n) is 6.27. The van der Waals surface area contributed by atoms with Crippen LogP contribution in [-0.2, 0) is 0 Å². The average molecular weight is 330 g/mol. The number of pyridine rings is 1. The smallest absolute Gasteiger partial charge is 0.140 e. The molecular formula is C13H20BrN3S. The molecule has 18 heavy (non-hydrogen) atoms. The Morgan fingerprint density at radius 3 is 2.78 bits per heavy atom. The van der Waals surface area contributed by atoms with Crippen LogP contribution in [0.3, 0.4) is 0 Å². The molecule has 3 nitrogen and oxygen atoms in total. The van der Waals surface area contributed by atoms with E-state index < -0.39 is 0 Å². The number of anilines is 2. The predicted octanol–water partition coefficient (Wildman–Crippen LogP) is 3.82. The largest absolute Gasteiger partial charge is 0.397 e. The van der Waals surface area contributed by atoms with Crippen molar-refractivity contribution < 1.29 is 0 Å². The van der Waals surface area contributed by atoms with Crippen LogP contribution in [0.5, 0.6) is 0 Å². The second-order valence-electron chi connectivity index (χ2n) is 4.95. The minimum Gasteiger partial charge on any atom is -0.397 e. The Hall–Kier alpha value is -0.420. The number of nitrogen functional groups attached to an aromatic ring is 1. The number of nitrogens with one attached hydrogen (secondary N) is 1. The van der Waals surface area contributed by atoms with E-state index in [9.17, 15) is 0 Å². The predicted molar refractivity (Wildman–Crippen MR) is 84.3 cm³/mol. The van der Waals surface area contributed by atoms with E-state index in [-0.39, 0.29) is 0 Å². The van der Waals surface area contributed by atoms with Gasteiger partial charge in [-0.05, 0) is 47.5 Å². The molecule has 0 unspecified atom stereocenters. The van der Waals surface area contributed by atoms with Crippen molar-refractivity contribution >= 4 is 39.2 Å². The van der Waals surface area contributed by atoms with Crippen molar-refractivity contribution in [2.24, 2.45) is 0 Å². The Morgan fingerprint density at radius 2 is 2.17 bits per heavy atom. The minimum atomic E-state index is 0.385. The highest BCUT2D eigenvalue weighted by molar-refractivity contribution is 9.10. The van der Waals surface area contributed by atoms with Gasteiger partial charge in [0, 0.05) is 11.3 Å². The number of nitrogens with two attached hydrogens (primary N) is 1. The normalized spacial score (nSPS) is 17.9. The van der Waals surface area contributed by atoms with Crippen molar-refractivity contribution in [1.29, 1.82) is 0 Å². The summed E-state index contributed by atoms with van der Waals surface area (Å²) in [5.41, 5.74) is 7.62. The lowest BCUT2D eigenvalue weighted by atomic mass is 10.1. The topological polar surface area (TPSA) is 50.9 Å². The van der Waals surface area contributed by atoms with Gasteiger partial charge in [0.05, 0.1) is 16.4 Å². The van der Waals surface area contributed by atoms with Crippen molar-refractivity contribution in [2.75, 3.05) is 23.9 Å². The fraction of sp³-hybridized carbons (Fsp3) is 0.615. The van der Waals surface area contributed by atoms with Gasteiger partial charge in [0.25, 0.3) is 0 Å². The van der Waals surface area contributed by atoms with Crippen LogP contribution in [0.2, 0.25) is 0 Å². The third-order valence-electron chi connectivity index (χ3n) is 3.83. The fourth-order valence-corrected chi connectivity index (χ4v) is 3.82. The van der Waals surface area contributed by atoms with Crippen molar-refractivity contribution in [2.45, 2.75) is 37.4 Å². The summed E-state index contributed by atoms with van der Waals surface area (Å²) >= 11 is 5.55. The summed E-state index contributed by atoms with van der Waals surface area (Å²) in [6.45, 7) is 2.98. The third-order valence-corrected chi connectivity index (χ3v) is 6.22. The molecule has 2 rings (SSSR count). The van der Waals surface area contributed by atoms with Gasteiger partial charge in [-0.1, -0.05) is 12.8 Å². The van der Waals surface area contributed by atoms with Crippen molar-refractivity contribution in [1.82, 2.24) is 4.98 Å². The first-order valence-corrected chi connectivity index (χ1v) is 8.29. The Morgan fingerprint density at radius 1 is 1.50 bits per heavy atom. The van der Waals surface area contributed by atoms with Crippen LogP contribution < -0.4 is 11.1 Å². The highest BCUT2D eigenvalue weighted by atomic mass is 79.9. The highest BCUT2D eigenvalue weighted by Gasteiger charge is 2.32. The fourth-order valence-electron chi connectivity index (χ4n) is 2.43. The number of rotatable bonds is 4. The van der Waals surface area contributed by atoms with E-state index >= 15 is 0 Å². The quantitative estimate of drug-likeness (QED) is 0.881. The van der Waals surface area contributed by atoms with Crippen LogP contribution in [0, 0.1) is 6.92 Å². The van der Waals surface area contributed by atoms with Crippen LogP contribution >= 0.6 is 27.7 Å². The summed E-state index contributed by atoms with van der Waals surface area (Å²) in [7, 11) is 0. The molecule has 1 saturated carbocycles. The minimum absolute atomic E-state index is 0.385. The van der Waals surface area contributed by atoms with Crippen molar-refractivity contribution in [3.05, 3.63) is 16.2 Å². The lowest BCUT2D eigenvalue weighted by molar-refractivity contribution is 0.638. The summed E-state index contributed by atoms with van der Waals surface area (Å²) in [6.07, 6.45) is 9.22. The van der Waals surface area contributed by atoms with E-state index in [1.54, 1.807) is 6.20 Å². The number of halogens is 1. The molecule has 1 aliphatic rings. The molecule has 3 N–H and O–H groups in total. The Balaban J connectivity index is 2.08. The van der Waals surface area contributed by atoms with Crippen molar-refractivity contribution in [3.63, 3.8) is 0 Å². The molecule has 1 heterocycles. The van der Waals surface area contributed by atoms with Gasteiger partial charge in [0.15, 0.2) is 0 Å². The molecule has 0 amide bonds. The molecule has 0 aromatic carbocycles. The highest BCUT2D eigenvalue weighted by Crippen LogP contribution is 2.40. The molecule has 5 heteroatoms. The summed E-state index contributed by atoms with van der Waals surface area (Å²) in [5, 5.41) is 3.48. The first kappa shape index (κ1) is 14.0. The molecule has 1 aromatic rings. The Kier molecular flexibility index (Phi) is 4.43. The van der Waals surface area contributed by atoms with Crippen molar-refractivity contribution in [3.8, 4) is 0 Å². The van der Waals surface area contributed by atoms with E-state index in [0.29, 0.717) is 4.75 Å². The van der Waals surface area contributed by atoms with E-state index in [0.717, 1.165) is 28.1 Å². The SMILES string of the molecule is CSC1(CNc2ncc(N)c(C)c2Br)CCCC1. The number of hydrogen-bond acceptors (Lipinski definition) is 4. The maximum absolute atomic E-state index is 5.84. The number of thioether (sulfide) groups is 1. The monoisotopic (exact) mass is 329 g/mol. The standard InChI is InChI=1S/C13H20BrN3S/c1-9-10(15)7-16-12(11(9)14)17-8-13(18-2)5-3-4-6-13/h7H,3-6,8,15H2,1-2H3,(H,16,17). The van der Waals surface area contributed by atoms with Gasteiger partial charge >= 0.3 is 0 Å². The van der Waals surface area contributed by atoms with Gasteiger partial charge in [-0.25, -0.2) is 4.98 Å². The average Bonchev–Trinajstić information content (AvgIpc) is 2.85. The molecule has 1 aromatic heterocycles. The zero-order chi connectivity index (χ0) is 13.2. The van der Waals surface area contributed by atoms with E-state index in [1.807, 2.05) is 18.7 Å². The third kappa shape index (κ3) is 2.77. The Labute approximate surface area is 121 Å². The number of nitrogens with zero attached hydrogens (tertiary/aromatic N) is 1. The summed E-state index contributed by atoms with van der Waals surface area (Å²) in [4.78, 5) is 4.37. The second-order valence-corrected chi connectivity index (χ2v) is 7.02. The van der Waals surface area contributed by atoms with Crippen LogP contribution in [0.1, 0.15) is 31.2 Å². The molecule has 0 spiro atoms. The van der Waals surface area contributed by atoms with Gasteiger partial charge in [-0.3, -0.25) is 0 Å². The van der Waals surface area contributed by atoms with Crippen LogP contribution in [-0.4, -0.2) is 22.5 Å². The lowest BCUT2D eigenvalue weighted by Crippen LogP contribution is -2.30. The molecule has 0 aliphatic heterocycles. The second kappa shape index (κ2) is 5.70. The maximum atomic E-state index is 5.84. The van der Waals surface area contributed by atoms with E-state index in [1.165, 1.54) is 25.7 Å². The lowest BCUT2D eigenvalue weighted by Gasteiger charge is -2.27. The van der Waals surface area contributed by atoms with Gasteiger partial charge < -0.3 is 11.1 Å². The summed E-state index contributed by atoms with van der Waals surface area (Å²) in [5.74, 6) is 0.905. The maximum Gasteiger partial charge on any atom is 0.140 e. The van der Waals surface area contributed by atoms with Gasteiger partial charge in [-0.2, -0.15) is 11.8 Å². The molecular weight excluding hydrogens is 310 g/mol. The Bertz CT molecular complexity index is 430. The summed E-state index contributed by atoms with van der Waals surface area (Å²) < 4.78 is 1.37. The van der Waals surface area contributed by atoms with Crippen LogP contribution in [0.4, 0.5) is 11.5 Å². The number of hydrogen-bond donors (Lipinski definition) is 2. The zero-order valence-electron chi connectivity index (χ0n) is 10.9. The number of aromatic nitrogens is 1. The molecule has 0 bridgehead atoms. The zero-order valence-corrected chi connectivity index (χ0v) is 13.3. The van der Waals surface area contributed by atoms with Gasteiger partial charge in [0.1, 0.15) is 5.82 Å². The van der Waals surface area contributed by atoms with Crippen LogP contribution in [0.25, 0.3) is 0 Å². The molecule has 0 atom stereocenters. The molecule has 100 valence electrons. The van der Waals surface area contributed by atoms with Gasteiger partial charge in [0.2, 0.25) is 0 Å². The summed E-state index contributed by atoms with van der Waals surface area (Å²) in [6, 6.07) is 0. The van der Waals surface area contributed by atoms with Crippen LogP contribution in [0.15, 0.2) is 10.7 Å².